The average Bonchev–Trinajstić information content (AvgIpc) is 3.47. The first-order valence-electron chi connectivity index (χ1n) is 9.10. The van der Waals surface area contributed by atoms with E-state index in [1.807, 2.05) is 37.3 Å². The maximum absolute atomic E-state index is 12.4. The standard InChI is InChI=1S/C21H27NO3/c1-15(21(23)22-10-3-11-25-14-16-4-5-16)17-6-7-19-13-20(24-2)9-8-18(19)12-17/h6-9,12-13,15-16H,3-5,10-11,14H2,1-2H3,(H,22,23)/t15-/m0/s1. The van der Waals surface area contributed by atoms with E-state index in [0.29, 0.717) is 6.54 Å². The summed E-state index contributed by atoms with van der Waals surface area (Å²) in [5.41, 5.74) is 1.03. The Labute approximate surface area is 149 Å². The lowest BCUT2D eigenvalue weighted by Gasteiger charge is -2.14. The van der Waals surface area contributed by atoms with Crippen LogP contribution < -0.4 is 10.1 Å². The van der Waals surface area contributed by atoms with Gasteiger partial charge in [0.05, 0.1) is 13.0 Å². The molecular formula is C21H27NO3. The van der Waals surface area contributed by atoms with E-state index in [1.165, 1.54) is 12.8 Å². The second-order valence-corrected chi connectivity index (χ2v) is 6.86. The molecule has 0 bridgehead atoms. The molecule has 1 atom stereocenters. The molecular weight excluding hydrogens is 314 g/mol. The number of nitrogens with one attached hydrogen (secondary N) is 1. The molecule has 3 rings (SSSR count). The van der Waals surface area contributed by atoms with Gasteiger partial charge in [0.1, 0.15) is 5.75 Å². The summed E-state index contributed by atoms with van der Waals surface area (Å²) in [6, 6.07) is 12.1. The number of rotatable bonds is 9. The predicted octanol–water partition coefficient (Wildman–Crippen LogP) is 3.88. The van der Waals surface area contributed by atoms with Crippen LogP contribution in [0, 0.1) is 5.92 Å². The molecule has 0 spiro atoms. The summed E-state index contributed by atoms with van der Waals surface area (Å²) in [4.78, 5) is 12.4. The van der Waals surface area contributed by atoms with Gasteiger partial charge in [-0.2, -0.15) is 0 Å². The molecule has 0 unspecified atom stereocenters. The first kappa shape index (κ1) is 17.7. The van der Waals surface area contributed by atoms with Crippen molar-refractivity contribution in [2.24, 2.45) is 5.92 Å². The van der Waals surface area contributed by atoms with Gasteiger partial charge in [0.2, 0.25) is 5.91 Å². The van der Waals surface area contributed by atoms with Crippen molar-refractivity contribution in [3.8, 4) is 5.75 Å². The van der Waals surface area contributed by atoms with Crippen molar-refractivity contribution >= 4 is 16.7 Å². The summed E-state index contributed by atoms with van der Waals surface area (Å²) >= 11 is 0. The Kier molecular flexibility index (Phi) is 5.92. The van der Waals surface area contributed by atoms with Gasteiger partial charge in [-0.3, -0.25) is 4.79 Å². The molecule has 25 heavy (non-hydrogen) atoms. The third kappa shape index (κ3) is 4.95. The van der Waals surface area contributed by atoms with Crippen LogP contribution in [0.25, 0.3) is 10.8 Å². The van der Waals surface area contributed by atoms with Crippen molar-refractivity contribution in [3.63, 3.8) is 0 Å². The van der Waals surface area contributed by atoms with E-state index in [9.17, 15) is 4.79 Å². The number of carbonyl (C=O) groups excluding carboxylic acids is 1. The van der Waals surface area contributed by atoms with Crippen molar-refractivity contribution in [3.05, 3.63) is 42.0 Å². The molecule has 1 N–H and O–H groups in total. The molecule has 1 aliphatic rings. The number of methoxy groups -OCH3 is 1. The quantitative estimate of drug-likeness (QED) is 0.704. The largest absolute Gasteiger partial charge is 0.497 e. The summed E-state index contributed by atoms with van der Waals surface area (Å²) in [6.07, 6.45) is 3.49. The predicted molar refractivity (Wildman–Crippen MR) is 100 cm³/mol. The van der Waals surface area contributed by atoms with Crippen molar-refractivity contribution in [2.45, 2.75) is 32.1 Å². The molecule has 0 heterocycles. The van der Waals surface area contributed by atoms with Crippen molar-refractivity contribution in [1.82, 2.24) is 5.32 Å². The second-order valence-electron chi connectivity index (χ2n) is 6.86. The van der Waals surface area contributed by atoms with Crippen LogP contribution in [0.2, 0.25) is 0 Å². The highest BCUT2D eigenvalue weighted by Crippen LogP contribution is 2.28. The van der Waals surface area contributed by atoms with Gasteiger partial charge in [-0.05, 0) is 60.6 Å². The lowest BCUT2D eigenvalue weighted by Crippen LogP contribution is -2.29. The highest BCUT2D eigenvalue weighted by molar-refractivity contribution is 5.88. The molecule has 2 aromatic carbocycles. The molecule has 0 radical (unpaired) electrons. The van der Waals surface area contributed by atoms with Gasteiger partial charge in [0.15, 0.2) is 0 Å². The Balaban J connectivity index is 1.49. The third-order valence-corrected chi connectivity index (χ3v) is 4.78. The van der Waals surface area contributed by atoms with E-state index in [4.69, 9.17) is 9.47 Å². The molecule has 1 fully saturated rings. The van der Waals surface area contributed by atoms with E-state index in [-0.39, 0.29) is 11.8 Å². The van der Waals surface area contributed by atoms with Crippen LogP contribution in [0.3, 0.4) is 0 Å². The zero-order valence-electron chi connectivity index (χ0n) is 15.1. The van der Waals surface area contributed by atoms with Gasteiger partial charge in [0.25, 0.3) is 0 Å². The van der Waals surface area contributed by atoms with E-state index < -0.39 is 0 Å². The Hall–Kier alpha value is -2.07. The van der Waals surface area contributed by atoms with E-state index in [0.717, 1.165) is 47.6 Å². The molecule has 4 nitrogen and oxygen atoms in total. The minimum atomic E-state index is -0.168. The topological polar surface area (TPSA) is 47.6 Å². The maximum atomic E-state index is 12.4. The number of hydrogen-bond donors (Lipinski definition) is 1. The van der Waals surface area contributed by atoms with Crippen LogP contribution in [0.1, 0.15) is 37.7 Å². The Morgan fingerprint density at radius 2 is 1.96 bits per heavy atom. The van der Waals surface area contributed by atoms with Crippen LogP contribution in [0.4, 0.5) is 0 Å². The fourth-order valence-electron chi connectivity index (χ4n) is 2.86. The monoisotopic (exact) mass is 341 g/mol. The number of fused-ring (bicyclic) bond motifs is 1. The second kappa shape index (κ2) is 8.34. The minimum absolute atomic E-state index is 0.0649. The summed E-state index contributed by atoms with van der Waals surface area (Å²) < 4.78 is 10.8. The van der Waals surface area contributed by atoms with Gasteiger partial charge in [-0.1, -0.05) is 24.3 Å². The average molecular weight is 341 g/mol. The van der Waals surface area contributed by atoms with E-state index in [2.05, 4.69) is 11.4 Å². The molecule has 0 aromatic heterocycles. The van der Waals surface area contributed by atoms with E-state index >= 15 is 0 Å². The van der Waals surface area contributed by atoms with Crippen LogP contribution in [0.15, 0.2) is 36.4 Å². The first-order valence-corrected chi connectivity index (χ1v) is 9.10. The number of carbonyl (C=O) groups is 1. The van der Waals surface area contributed by atoms with Crippen LogP contribution in [-0.2, 0) is 9.53 Å². The van der Waals surface area contributed by atoms with Crippen molar-refractivity contribution in [1.29, 1.82) is 0 Å². The molecule has 0 aliphatic heterocycles. The fraction of sp³-hybridized carbons (Fsp3) is 0.476. The van der Waals surface area contributed by atoms with Crippen LogP contribution in [0.5, 0.6) is 5.75 Å². The van der Waals surface area contributed by atoms with Gasteiger partial charge >= 0.3 is 0 Å². The molecule has 0 saturated heterocycles. The van der Waals surface area contributed by atoms with E-state index in [1.54, 1.807) is 7.11 Å². The third-order valence-electron chi connectivity index (χ3n) is 4.78. The molecule has 2 aromatic rings. The van der Waals surface area contributed by atoms with Crippen molar-refractivity contribution < 1.29 is 14.3 Å². The molecule has 4 heteroatoms. The Morgan fingerprint density at radius 1 is 1.20 bits per heavy atom. The number of benzene rings is 2. The van der Waals surface area contributed by atoms with Crippen molar-refractivity contribution in [2.75, 3.05) is 26.9 Å². The lowest BCUT2D eigenvalue weighted by molar-refractivity contribution is -0.122. The number of amides is 1. The first-order chi connectivity index (χ1) is 12.2. The molecule has 1 aliphatic carbocycles. The smallest absolute Gasteiger partial charge is 0.227 e. The molecule has 1 amide bonds. The normalized spacial score (nSPS) is 15.1. The Morgan fingerprint density at radius 3 is 2.72 bits per heavy atom. The number of hydrogen-bond acceptors (Lipinski definition) is 3. The molecule has 1 saturated carbocycles. The molecule has 134 valence electrons. The van der Waals surface area contributed by atoms with Gasteiger partial charge in [-0.15, -0.1) is 0 Å². The van der Waals surface area contributed by atoms with Gasteiger partial charge in [-0.25, -0.2) is 0 Å². The minimum Gasteiger partial charge on any atom is -0.497 e. The fourth-order valence-corrected chi connectivity index (χ4v) is 2.86. The number of ether oxygens (including phenoxy) is 2. The highest BCUT2D eigenvalue weighted by Gasteiger charge is 2.21. The van der Waals surface area contributed by atoms with Crippen LogP contribution >= 0.6 is 0 Å². The summed E-state index contributed by atoms with van der Waals surface area (Å²) in [7, 11) is 1.67. The maximum Gasteiger partial charge on any atom is 0.227 e. The van der Waals surface area contributed by atoms with Gasteiger partial charge in [0, 0.05) is 19.8 Å². The summed E-state index contributed by atoms with van der Waals surface area (Å²) in [5, 5.41) is 5.24. The zero-order chi connectivity index (χ0) is 17.6. The highest BCUT2D eigenvalue weighted by atomic mass is 16.5. The summed E-state index contributed by atoms with van der Waals surface area (Å²) in [6.45, 7) is 4.22. The van der Waals surface area contributed by atoms with Crippen LogP contribution in [-0.4, -0.2) is 32.8 Å². The lowest BCUT2D eigenvalue weighted by atomic mass is 9.97. The van der Waals surface area contributed by atoms with Gasteiger partial charge < -0.3 is 14.8 Å². The SMILES string of the molecule is COc1ccc2cc([C@H](C)C(=O)NCCCOCC3CC3)ccc2c1. The Bertz CT molecular complexity index is 724. The zero-order valence-corrected chi connectivity index (χ0v) is 15.1. The summed E-state index contributed by atoms with van der Waals surface area (Å²) in [5.74, 6) is 1.53.